The Morgan fingerprint density at radius 3 is 2.58 bits per heavy atom. The number of H-pyrrole nitrogens is 1. The second-order valence-corrected chi connectivity index (χ2v) is 9.80. The standard InChI is InChI=1S/C25H30N6O2/c32-24(30-13-10-17(11-14-30)23-27-22(28-29-23)16-6-7-16)18-8-9-19-20(15-18)26-21-5-3-1-2-4-12-31(21)25(19)33/h8-9,15-17H,1-7,10-14H2,(H,27,28,29). The van der Waals surface area contributed by atoms with Gasteiger partial charge in [0, 0.05) is 43.5 Å². The van der Waals surface area contributed by atoms with Crippen molar-refractivity contribution in [2.45, 2.75) is 76.2 Å². The number of likely N-dealkylation sites (tertiary alicyclic amines) is 1. The molecule has 3 aromatic rings. The van der Waals surface area contributed by atoms with E-state index < -0.39 is 0 Å². The maximum Gasteiger partial charge on any atom is 0.261 e. The number of fused-ring (bicyclic) bond motifs is 2. The molecule has 33 heavy (non-hydrogen) atoms. The molecule has 2 fully saturated rings. The molecule has 0 spiro atoms. The molecule has 8 nitrogen and oxygen atoms in total. The van der Waals surface area contributed by atoms with Crippen molar-refractivity contribution in [3.8, 4) is 0 Å². The van der Waals surface area contributed by atoms with Gasteiger partial charge in [-0.15, -0.1) is 0 Å². The molecule has 1 aromatic carbocycles. The van der Waals surface area contributed by atoms with Crippen LogP contribution in [-0.4, -0.2) is 48.6 Å². The van der Waals surface area contributed by atoms with Crippen molar-refractivity contribution in [1.82, 2.24) is 29.6 Å². The van der Waals surface area contributed by atoms with Gasteiger partial charge in [-0.1, -0.05) is 12.8 Å². The van der Waals surface area contributed by atoms with Crippen molar-refractivity contribution >= 4 is 16.8 Å². The number of carbonyl (C=O) groups excluding carboxylic acids is 1. The summed E-state index contributed by atoms with van der Waals surface area (Å²) in [5, 5.41) is 8.11. The highest BCUT2D eigenvalue weighted by Gasteiger charge is 2.31. The Morgan fingerprint density at radius 1 is 0.939 bits per heavy atom. The van der Waals surface area contributed by atoms with Crippen LogP contribution in [0.2, 0.25) is 0 Å². The molecule has 0 unspecified atom stereocenters. The first-order valence-electron chi connectivity index (χ1n) is 12.4. The van der Waals surface area contributed by atoms with Gasteiger partial charge in [0.25, 0.3) is 11.5 Å². The Balaban J connectivity index is 1.19. The van der Waals surface area contributed by atoms with E-state index in [1.807, 2.05) is 15.5 Å². The highest BCUT2D eigenvalue weighted by Crippen LogP contribution is 2.38. The van der Waals surface area contributed by atoms with Crippen LogP contribution in [0.1, 0.15) is 91.0 Å². The van der Waals surface area contributed by atoms with Crippen LogP contribution in [0.25, 0.3) is 10.9 Å². The van der Waals surface area contributed by atoms with Crippen molar-refractivity contribution < 1.29 is 4.79 Å². The molecule has 1 aliphatic carbocycles. The molecule has 1 N–H and O–H groups in total. The second-order valence-electron chi connectivity index (χ2n) is 9.80. The summed E-state index contributed by atoms with van der Waals surface area (Å²) < 4.78 is 1.84. The second kappa shape index (κ2) is 8.39. The quantitative estimate of drug-likeness (QED) is 0.664. The van der Waals surface area contributed by atoms with E-state index in [9.17, 15) is 9.59 Å². The molecule has 6 rings (SSSR count). The van der Waals surface area contributed by atoms with Gasteiger partial charge in [-0.05, 0) is 56.7 Å². The number of piperidine rings is 1. The third kappa shape index (κ3) is 3.96. The van der Waals surface area contributed by atoms with E-state index in [2.05, 4.69) is 10.2 Å². The molecule has 2 aromatic heterocycles. The minimum Gasteiger partial charge on any atom is -0.339 e. The van der Waals surface area contributed by atoms with Crippen LogP contribution in [0.4, 0.5) is 0 Å². The predicted octanol–water partition coefficient (Wildman–Crippen LogP) is 3.53. The number of hydrogen-bond donors (Lipinski definition) is 1. The number of benzene rings is 1. The summed E-state index contributed by atoms with van der Waals surface area (Å²) >= 11 is 0. The lowest BCUT2D eigenvalue weighted by molar-refractivity contribution is 0.0711. The maximum atomic E-state index is 13.2. The zero-order chi connectivity index (χ0) is 22.4. The fraction of sp³-hybridized carbons (Fsp3) is 0.560. The van der Waals surface area contributed by atoms with Gasteiger partial charge in [-0.3, -0.25) is 19.3 Å². The topological polar surface area (TPSA) is 96.8 Å². The lowest BCUT2D eigenvalue weighted by Gasteiger charge is -2.31. The molecule has 0 bridgehead atoms. The van der Waals surface area contributed by atoms with Crippen LogP contribution in [-0.2, 0) is 13.0 Å². The van der Waals surface area contributed by atoms with Crippen molar-refractivity contribution in [3.63, 3.8) is 0 Å². The molecule has 1 amide bonds. The molecular weight excluding hydrogens is 416 g/mol. The number of rotatable bonds is 3. The normalized spacial score (nSPS) is 19.8. The van der Waals surface area contributed by atoms with Gasteiger partial charge in [0.15, 0.2) is 5.82 Å². The third-order valence-electron chi connectivity index (χ3n) is 7.44. The smallest absolute Gasteiger partial charge is 0.261 e. The van der Waals surface area contributed by atoms with Crippen molar-refractivity contribution in [2.75, 3.05) is 13.1 Å². The fourth-order valence-corrected chi connectivity index (χ4v) is 5.26. The van der Waals surface area contributed by atoms with Crippen LogP contribution < -0.4 is 5.56 Å². The monoisotopic (exact) mass is 446 g/mol. The van der Waals surface area contributed by atoms with Crippen LogP contribution in [0, 0.1) is 0 Å². The first-order valence-corrected chi connectivity index (χ1v) is 12.4. The van der Waals surface area contributed by atoms with Crippen LogP contribution in [0.5, 0.6) is 0 Å². The summed E-state index contributed by atoms with van der Waals surface area (Å²) in [6.07, 6.45) is 9.38. The zero-order valence-corrected chi connectivity index (χ0v) is 18.9. The maximum absolute atomic E-state index is 13.2. The van der Waals surface area contributed by atoms with E-state index in [1.54, 1.807) is 12.1 Å². The van der Waals surface area contributed by atoms with Crippen LogP contribution in [0.3, 0.4) is 0 Å². The Labute approximate surface area is 192 Å². The summed E-state index contributed by atoms with van der Waals surface area (Å²) in [6, 6.07) is 5.38. The van der Waals surface area contributed by atoms with E-state index in [1.165, 1.54) is 19.3 Å². The first-order chi connectivity index (χ1) is 16.2. The zero-order valence-electron chi connectivity index (χ0n) is 18.9. The number of aromatic nitrogens is 5. The van der Waals surface area contributed by atoms with E-state index in [4.69, 9.17) is 9.97 Å². The Morgan fingerprint density at radius 2 is 1.76 bits per heavy atom. The third-order valence-corrected chi connectivity index (χ3v) is 7.44. The number of nitrogens with one attached hydrogen (secondary N) is 1. The Bertz CT molecular complexity index is 1250. The van der Waals surface area contributed by atoms with E-state index in [0.717, 1.165) is 62.5 Å². The molecule has 8 heteroatoms. The number of amides is 1. The van der Waals surface area contributed by atoms with E-state index in [-0.39, 0.29) is 11.5 Å². The van der Waals surface area contributed by atoms with Crippen molar-refractivity contribution in [1.29, 1.82) is 0 Å². The largest absolute Gasteiger partial charge is 0.339 e. The molecule has 172 valence electrons. The molecular formula is C25H30N6O2. The van der Waals surface area contributed by atoms with Gasteiger partial charge in [-0.25, -0.2) is 9.97 Å². The minimum absolute atomic E-state index is 0.0141. The average molecular weight is 447 g/mol. The average Bonchev–Trinajstić information content (AvgIpc) is 3.56. The van der Waals surface area contributed by atoms with Gasteiger partial charge >= 0.3 is 0 Å². The number of aromatic amines is 1. The van der Waals surface area contributed by atoms with Gasteiger partial charge in [0.1, 0.15) is 11.6 Å². The molecule has 2 aliphatic heterocycles. The lowest BCUT2D eigenvalue weighted by Crippen LogP contribution is -2.38. The van der Waals surface area contributed by atoms with Crippen molar-refractivity contribution in [2.24, 2.45) is 0 Å². The van der Waals surface area contributed by atoms with Crippen LogP contribution >= 0.6 is 0 Å². The highest BCUT2D eigenvalue weighted by atomic mass is 16.2. The summed E-state index contributed by atoms with van der Waals surface area (Å²) in [7, 11) is 0. The van der Waals surface area contributed by atoms with Gasteiger partial charge in [0.05, 0.1) is 10.9 Å². The molecule has 0 atom stereocenters. The van der Waals surface area contributed by atoms with E-state index in [0.29, 0.717) is 41.4 Å². The predicted molar refractivity (Wildman–Crippen MR) is 124 cm³/mol. The van der Waals surface area contributed by atoms with Gasteiger partial charge in [-0.2, -0.15) is 5.10 Å². The van der Waals surface area contributed by atoms with Gasteiger partial charge < -0.3 is 4.90 Å². The van der Waals surface area contributed by atoms with Crippen LogP contribution in [0.15, 0.2) is 23.0 Å². The molecule has 0 radical (unpaired) electrons. The summed E-state index contributed by atoms with van der Waals surface area (Å²) in [5.41, 5.74) is 1.27. The molecule has 1 saturated heterocycles. The fourth-order valence-electron chi connectivity index (χ4n) is 5.26. The highest BCUT2D eigenvalue weighted by molar-refractivity contribution is 5.97. The van der Waals surface area contributed by atoms with Gasteiger partial charge in [0.2, 0.25) is 0 Å². The molecule has 3 aliphatic rings. The van der Waals surface area contributed by atoms with Crippen molar-refractivity contribution in [3.05, 3.63) is 51.6 Å². The number of carbonyl (C=O) groups is 1. The lowest BCUT2D eigenvalue weighted by atomic mass is 9.95. The number of nitrogens with zero attached hydrogens (tertiary/aromatic N) is 5. The molecule has 1 saturated carbocycles. The number of hydrogen-bond acceptors (Lipinski definition) is 5. The summed E-state index contributed by atoms with van der Waals surface area (Å²) in [4.78, 5) is 37.7. The SMILES string of the molecule is O=C(c1ccc2c(=O)n3c(nc2c1)CCCCCC3)N1CCC(c2nc(C3CC3)n[nH]2)CC1. The summed E-state index contributed by atoms with van der Waals surface area (Å²) in [6.45, 7) is 2.13. The Kier molecular flexibility index (Phi) is 5.23. The van der Waals surface area contributed by atoms with E-state index >= 15 is 0 Å². The minimum atomic E-state index is 0.0141. The first kappa shape index (κ1) is 20.6. The molecule has 4 heterocycles. The number of aryl methyl sites for hydroxylation is 1. The Hall–Kier alpha value is -3.03. The summed E-state index contributed by atoms with van der Waals surface area (Å²) in [5.74, 6) is 3.67.